The van der Waals surface area contributed by atoms with Gasteiger partial charge in [0, 0.05) is 11.9 Å². The molecular weight excluding hydrogens is 390 g/mol. The Bertz CT molecular complexity index is 1150. The molecule has 0 spiro atoms. The molecule has 3 rings (SSSR count). The van der Waals surface area contributed by atoms with Crippen LogP contribution in [0.2, 0.25) is 0 Å². The Morgan fingerprint density at radius 3 is 2.52 bits per heavy atom. The molecule has 0 aliphatic carbocycles. The molecule has 3 aromatic rings. The van der Waals surface area contributed by atoms with Crippen molar-refractivity contribution in [2.24, 2.45) is 0 Å². The maximum absolute atomic E-state index is 12.6. The molecule has 7 heteroatoms. The summed E-state index contributed by atoms with van der Waals surface area (Å²) in [7, 11) is -3.66. The van der Waals surface area contributed by atoms with Crippen molar-refractivity contribution >= 4 is 32.8 Å². The molecule has 0 amide bonds. The van der Waals surface area contributed by atoms with E-state index in [1.54, 1.807) is 36.4 Å². The normalized spacial score (nSPS) is 11.3. The summed E-state index contributed by atoms with van der Waals surface area (Å²) in [5.74, 6) is -0.570. The Morgan fingerprint density at radius 2 is 1.76 bits per heavy atom. The van der Waals surface area contributed by atoms with E-state index in [2.05, 4.69) is 11.3 Å². The van der Waals surface area contributed by atoms with Gasteiger partial charge < -0.3 is 9.84 Å². The lowest BCUT2D eigenvalue weighted by Gasteiger charge is -2.12. The number of benzene rings is 3. The molecular formula is C22H21NO5S. The van der Waals surface area contributed by atoms with Crippen LogP contribution in [0, 0.1) is 0 Å². The highest BCUT2D eigenvalue weighted by Crippen LogP contribution is 2.28. The van der Waals surface area contributed by atoms with Crippen LogP contribution in [0.5, 0.6) is 5.75 Å². The minimum absolute atomic E-state index is 0.192. The predicted octanol–water partition coefficient (Wildman–Crippen LogP) is 3.47. The first-order valence-corrected chi connectivity index (χ1v) is 10.5. The molecule has 0 aromatic heterocycles. The van der Waals surface area contributed by atoms with Gasteiger partial charge in [0.25, 0.3) is 0 Å². The number of carboxylic acid groups (broad SMARTS) is 1. The van der Waals surface area contributed by atoms with Crippen molar-refractivity contribution in [3.8, 4) is 5.75 Å². The highest BCUT2D eigenvalue weighted by atomic mass is 32.2. The zero-order valence-electron chi connectivity index (χ0n) is 15.7. The summed E-state index contributed by atoms with van der Waals surface area (Å²) in [6.07, 6.45) is 1.98. The van der Waals surface area contributed by atoms with Gasteiger partial charge >= 0.3 is 5.97 Å². The Balaban J connectivity index is 1.78. The van der Waals surface area contributed by atoms with Gasteiger partial charge in [-0.05, 0) is 35.1 Å². The predicted molar refractivity (Wildman–Crippen MR) is 113 cm³/mol. The number of ether oxygens (including phenoxy) is 1. The molecule has 0 fully saturated rings. The third-order valence-corrected chi connectivity index (χ3v) is 5.97. The van der Waals surface area contributed by atoms with Crippen LogP contribution in [0.15, 0.2) is 72.1 Å². The van der Waals surface area contributed by atoms with Crippen LogP contribution in [0.4, 0.5) is 0 Å². The van der Waals surface area contributed by atoms with Gasteiger partial charge in [-0.2, -0.15) is 0 Å². The lowest BCUT2D eigenvalue weighted by atomic mass is 10.0. The average molecular weight is 411 g/mol. The van der Waals surface area contributed by atoms with E-state index < -0.39 is 22.6 Å². The van der Waals surface area contributed by atoms with Crippen LogP contribution in [0.25, 0.3) is 16.8 Å². The second-order valence-electron chi connectivity index (χ2n) is 6.34. The van der Waals surface area contributed by atoms with Gasteiger partial charge in [-0.15, -0.1) is 0 Å². The molecule has 0 aliphatic heterocycles. The second-order valence-corrected chi connectivity index (χ2v) is 8.08. The van der Waals surface area contributed by atoms with Gasteiger partial charge in [0.05, 0.1) is 4.90 Å². The largest absolute Gasteiger partial charge is 0.481 e. The van der Waals surface area contributed by atoms with Gasteiger partial charge in [0.1, 0.15) is 5.75 Å². The van der Waals surface area contributed by atoms with Crippen LogP contribution < -0.4 is 9.46 Å². The van der Waals surface area contributed by atoms with Crippen LogP contribution >= 0.6 is 0 Å². The third kappa shape index (κ3) is 4.82. The molecule has 0 heterocycles. The first-order valence-electron chi connectivity index (χ1n) is 8.99. The molecule has 6 nitrogen and oxygen atoms in total. The lowest BCUT2D eigenvalue weighted by Crippen LogP contribution is -2.26. The first kappa shape index (κ1) is 20.6. The highest BCUT2D eigenvalue weighted by Gasteiger charge is 2.16. The number of fused-ring (bicyclic) bond motifs is 1. The maximum Gasteiger partial charge on any atom is 0.341 e. The van der Waals surface area contributed by atoms with Gasteiger partial charge in [-0.3, -0.25) is 0 Å². The van der Waals surface area contributed by atoms with Crippen molar-refractivity contribution in [3.05, 3.63) is 78.4 Å². The maximum atomic E-state index is 12.6. The summed E-state index contributed by atoms with van der Waals surface area (Å²) in [6, 6.07) is 17.7. The number of carboxylic acids is 1. The molecule has 29 heavy (non-hydrogen) atoms. The number of rotatable bonds is 9. The summed E-state index contributed by atoms with van der Waals surface area (Å²) in [5, 5.41) is 10.5. The van der Waals surface area contributed by atoms with Crippen molar-refractivity contribution in [3.63, 3.8) is 0 Å². The summed E-state index contributed by atoms with van der Waals surface area (Å²) in [6.45, 7) is 3.45. The monoisotopic (exact) mass is 411 g/mol. The third-order valence-electron chi connectivity index (χ3n) is 4.44. The molecule has 3 aromatic carbocycles. The Morgan fingerprint density at radius 1 is 1.03 bits per heavy atom. The molecule has 0 unspecified atom stereocenters. The molecule has 2 N–H and O–H groups in total. The molecule has 0 saturated carbocycles. The Kier molecular flexibility index (Phi) is 6.31. The van der Waals surface area contributed by atoms with Crippen molar-refractivity contribution in [1.29, 1.82) is 0 Å². The second kappa shape index (κ2) is 8.89. The number of carbonyl (C=O) groups is 1. The van der Waals surface area contributed by atoms with Gasteiger partial charge in [-0.25, -0.2) is 17.9 Å². The fourth-order valence-electron chi connectivity index (χ4n) is 3.12. The van der Waals surface area contributed by atoms with Gasteiger partial charge in [0.2, 0.25) is 10.0 Å². The molecule has 0 saturated heterocycles. The van der Waals surface area contributed by atoms with Crippen molar-refractivity contribution < 1.29 is 23.1 Å². The summed E-state index contributed by atoms with van der Waals surface area (Å²) < 4.78 is 33.3. The number of aliphatic carboxylic acids is 1. The van der Waals surface area contributed by atoms with E-state index in [-0.39, 0.29) is 11.4 Å². The van der Waals surface area contributed by atoms with Crippen molar-refractivity contribution in [2.45, 2.75) is 11.3 Å². The van der Waals surface area contributed by atoms with E-state index in [0.717, 1.165) is 16.3 Å². The summed E-state index contributed by atoms with van der Waals surface area (Å²) >= 11 is 0. The van der Waals surface area contributed by atoms with E-state index in [1.807, 2.05) is 24.3 Å². The topological polar surface area (TPSA) is 92.7 Å². The molecule has 150 valence electrons. The number of sulfonamides is 1. The standard InChI is InChI=1S/C22H21NO5S/c1-2-16-7-3-4-12-21(16)29(26,27)23-14-13-17-8-5-10-19-18(17)9-6-11-20(19)28-15-22(24)25/h2-12,23H,1,13-15H2,(H,24,25). The van der Waals surface area contributed by atoms with Crippen LogP contribution in [-0.2, 0) is 21.2 Å². The van der Waals surface area contributed by atoms with E-state index in [0.29, 0.717) is 17.7 Å². The fraction of sp³-hybridized carbons (Fsp3) is 0.136. The van der Waals surface area contributed by atoms with E-state index >= 15 is 0 Å². The van der Waals surface area contributed by atoms with Gasteiger partial charge in [-0.1, -0.05) is 61.2 Å². The quantitative estimate of drug-likeness (QED) is 0.562. The minimum atomic E-state index is -3.66. The molecule has 0 radical (unpaired) electrons. The molecule has 0 bridgehead atoms. The molecule has 0 aliphatic rings. The lowest BCUT2D eigenvalue weighted by molar-refractivity contribution is -0.139. The van der Waals surface area contributed by atoms with Crippen LogP contribution in [0.3, 0.4) is 0 Å². The first-order chi connectivity index (χ1) is 13.9. The molecule has 0 atom stereocenters. The fourth-order valence-corrected chi connectivity index (χ4v) is 4.37. The highest BCUT2D eigenvalue weighted by molar-refractivity contribution is 7.89. The van der Waals surface area contributed by atoms with Crippen molar-refractivity contribution in [1.82, 2.24) is 4.72 Å². The number of hydrogen-bond donors (Lipinski definition) is 2. The Labute approximate surface area is 169 Å². The van der Waals surface area contributed by atoms with Crippen molar-refractivity contribution in [2.75, 3.05) is 13.2 Å². The zero-order valence-corrected chi connectivity index (χ0v) is 16.5. The SMILES string of the molecule is C=Cc1ccccc1S(=O)(=O)NCCc1cccc2c(OCC(=O)O)cccc12. The van der Waals surface area contributed by atoms with Crippen LogP contribution in [-0.4, -0.2) is 32.6 Å². The number of hydrogen-bond acceptors (Lipinski definition) is 4. The van der Waals surface area contributed by atoms with E-state index in [9.17, 15) is 13.2 Å². The summed E-state index contributed by atoms with van der Waals surface area (Å²) in [4.78, 5) is 11.0. The minimum Gasteiger partial charge on any atom is -0.481 e. The van der Waals surface area contributed by atoms with E-state index in [1.165, 1.54) is 6.08 Å². The number of nitrogens with one attached hydrogen (secondary N) is 1. The Hall–Kier alpha value is -3.16. The van der Waals surface area contributed by atoms with Gasteiger partial charge in [0.15, 0.2) is 6.61 Å². The zero-order chi connectivity index (χ0) is 20.9. The smallest absolute Gasteiger partial charge is 0.341 e. The van der Waals surface area contributed by atoms with Crippen LogP contribution in [0.1, 0.15) is 11.1 Å². The average Bonchev–Trinajstić information content (AvgIpc) is 2.72. The van der Waals surface area contributed by atoms with E-state index in [4.69, 9.17) is 9.84 Å². The summed E-state index contributed by atoms with van der Waals surface area (Å²) in [5.41, 5.74) is 1.48.